The van der Waals surface area contributed by atoms with Crippen LogP contribution in [0.2, 0.25) is 0 Å². The number of hydrogen-bond acceptors (Lipinski definition) is 6. The summed E-state index contributed by atoms with van der Waals surface area (Å²) in [5, 5.41) is 2.87. The zero-order valence-electron chi connectivity index (χ0n) is 20.6. The third-order valence-corrected chi connectivity index (χ3v) is 7.91. The van der Waals surface area contributed by atoms with Crippen LogP contribution < -0.4 is 4.74 Å². The molecule has 0 N–H and O–H groups in total. The van der Waals surface area contributed by atoms with Gasteiger partial charge < -0.3 is 4.74 Å². The number of likely N-dealkylation sites (tertiary alicyclic amines) is 1. The molecule has 6 rings (SSSR count). The van der Waals surface area contributed by atoms with Crippen LogP contribution in [0.4, 0.5) is 0 Å². The number of aromatic nitrogens is 2. The van der Waals surface area contributed by atoms with Gasteiger partial charge in [-0.05, 0) is 47.7 Å². The van der Waals surface area contributed by atoms with Crippen molar-refractivity contribution < 1.29 is 9.53 Å². The number of pyridine rings is 2. The first-order valence-electron chi connectivity index (χ1n) is 12.5. The Labute approximate surface area is 220 Å². The molecular formula is C31H27N3O2S. The highest BCUT2D eigenvalue weighted by molar-refractivity contribution is 7.12. The molecule has 0 amide bonds. The van der Waals surface area contributed by atoms with Crippen molar-refractivity contribution in [3.63, 3.8) is 0 Å². The summed E-state index contributed by atoms with van der Waals surface area (Å²) in [6, 6.07) is 26.9. The Hall–Kier alpha value is -3.87. The number of hydrogen-bond donors (Lipinski definition) is 0. The monoisotopic (exact) mass is 505 g/mol. The molecule has 1 aliphatic heterocycles. The number of ether oxygens (including phenoxy) is 1. The van der Waals surface area contributed by atoms with E-state index in [2.05, 4.69) is 52.3 Å². The van der Waals surface area contributed by atoms with Crippen LogP contribution in [-0.2, 0) is 6.54 Å². The maximum absolute atomic E-state index is 12.8. The highest BCUT2D eigenvalue weighted by Gasteiger charge is 2.29. The van der Waals surface area contributed by atoms with Crippen LogP contribution in [0.15, 0.2) is 90.4 Å². The molecule has 37 heavy (non-hydrogen) atoms. The van der Waals surface area contributed by atoms with Crippen LogP contribution in [0.5, 0.6) is 5.88 Å². The van der Waals surface area contributed by atoms with E-state index in [1.54, 1.807) is 24.6 Å². The van der Waals surface area contributed by atoms with Gasteiger partial charge in [-0.15, -0.1) is 11.3 Å². The first kappa shape index (κ1) is 23.5. The summed E-state index contributed by atoms with van der Waals surface area (Å²) < 4.78 is 5.51. The van der Waals surface area contributed by atoms with Crippen molar-refractivity contribution in [3.8, 4) is 28.3 Å². The van der Waals surface area contributed by atoms with Crippen molar-refractivity contribution in [2.24, 2.45) is 5.92 Å². The zero-order chi connectivity index (χ0) is 25.2. The topological polar surface area (TPSA) is 55.3 Å². The van der Waals surface area contributed by atoms with Crippen molar-refractivity contribution in [2.75, 3.05) is 20.2 Å². The fourth-order valence-corrected chi connectivity index (χ4v) is 5.87. The quantitative estimate of drug-likeness (QED) is 0.229. The van der Waals surface area contributed by atoms with Crippen molar-refractivity contribution in [2.45, 2.75) is 13.0 Å². The third kappa shape index (κ3) is 4.78. The minimum Gasteiger partial charge on any atom is -0.481 e. The molecule has 5 nitrogen and oxygen atoms in total. The summed E-state index contributed by atoms with van der Waals surface area (Å²) in [6.45, 7) is 2.61. The van der Waals surface area contributed by atoms with Crippen molar-refractivity contribution in [3.05, 3.63) is 101 Å². The number of Topliss-reactive ketones (excluding diaryl/α,β-unsaturated/α-hetero) is 1. The minimum absolute atomic E-state index is 0.0969. The van der Waals surface area contributed by atoms with Crippen molar-refractivity contribution in [1.82, 2.24) is 14.9 Å². The van der Waals surface area contributed by atoms with E-state index in [9.17, 15) is 4.79 Å². The van der Waals surface area contributed by atoms with Crippen LogP contribution in [-0.4, -0.2) is 40.9 Å². The fraction of sp³-hybridized carbons (Fsp3) is 0.194. The highest BCUT2D eigenvalue weighted by atomic mass is 32.1. The molecule has 3 aromatic heterocycles. The van der Waals surface area contributed by atoms with E-state index in [4.69, 9.17) is 9.72 Å². The Kier molecular flexibility index (Phi) is 6.51. The van der Waals surface area contributed by atoms with E-state index >= 15 is 0 Å². The molecule has 184 valence electrons. The maximum Gasteiger partial charge on any atom is 0.222 e. The number of rotatable bonds is 7. The molecule has 6 heteroatoms. The zero-order valence-corrected chi connectivity index (χ0v) is 21.4. The molecule has 0 saturated carbocycles. The smallest absolute Gasteiger partial charge is 0.222 e. The van der Waals surface area contributed by atoms with E-state index in [1.807, 2.05) is 41.8 Å². The van der Waals surface area contributed by atoms with E-state index in [0.29, 0.717) is 5.88 Å². The van der Waals surface area contributed by atoms with Gasteiger partial charge in [0.1, 0.15) is 0 Å². The second-order valence-electron chi connectivity index (χ2n) is 9.40. The number of benzene rings is 2. The van der Waals surface area contributed by atoms with Crippen molar-refractivity contribution >= 4 is 28.0 Å². The molecule has 2 aromatic carbocycles. The number of thiophene rings is 1. The van der Waals surface area contributed by atoms with Crippen LogP contribution in [0, 0.1) is 5.92 Å². The number of ketones is 1. The molecule has 0 bridgehead atoms. The molecule has 1 atom stereocenters. The molecule has 4 heterocycles. The molecule has 0 unspecified atom stereocenters. The van der Waals surface area contributed by atoms with Gasteiger partial charge in [0.2, 0.25) is 5.88 Å². The Morgan fingerprint density at radius 2 is 1.86 bits per heavy atom. The second kappa shape index (κ2) is 10.2. The number of nitrogens with zero attached hydrogens (tertiary/aromatic N) is 3. The predicted molar refractivity (Wildman–Crippen MR) is 149 cm³/mol. The predicted octanol–water partition coefficient (Wildman–Crippen LogP) is 6.74. The number of fused-ring (bicyclic) bond motifs is 1. The number of carbonyl (C=O) groups is 1. The van der Waals surface area contributed by atoms with E-state index in [1.165, 1.54) is 5.56 Å². The average molecular weight is 506 g/mol. The second-order valence-corrected chi connectivity index (χ2v) is 10.3. The number of methoxy groups -OCH3 is 1. The summed E-state index contributed by atoms with van der Waals surface area (Å²) >= 11 is 1.54. The van der Waals surface area contributed by atoms with Gasteiger partial charge in [0.05, 0.1) is 28.6 Å². The molecule has 5 aromatic rings. The normalized spacial score (nSPS) is 15.8. The van der Waals surface area contributed by atoms with E-state index < -0.39 is 0 Å². The third-order valence-electron chi connectivity index (χ3n) is 7.03. The highest BCUT2D eigenvalue weighted by Crippen LogP contribution is 2.36. The standard InChI is InChI=1S/C31H27N3O2S/c1-36-31-26-18-25(22-6-3-2-4-7-22)29(33-27(26)13-15-32-31)23-11-9-21(10-12-23)19-34-16-14-24(20-34)30(35)28-8-5-17-37-28/h2-13,15,17-18,24H,14,16,19-20H2,1H3/t24-/m0/s1. The summed E-state index contributed by atoms with van der Waals surface area (Å²) in [6.07, 6.45) is 2.66. The lowest BCUT2D eigenvalue weighted by Crippen LogP contribution is -2.22. The fourth-order valence-electron chi connectivity index (χ4n) is 5.13. The lowest BCUT2D eigenvalue weighted by molar-refractivity contribution is 0.0926. The first-order valence-corrected chi connectivity index (χ1v) is 13.4. The van der Waals surface area contributed by atoms with Gasteiger partial charge in [0.15, 0.2) is 5.78 Å². The lowest BCUT2D eigenvalue weighted by atomic mass is 9.97. The summed E-state index contributed by atoms with van der Waals surface area (Å²) in [5.41, 5.74) is 6.22. The Morgan fingerprint density at radius 3 is 2.62 bits per heavy atom. The molecule has 0 spiro atoms. The van der Waals surface area contributed by atoms with E-state index in [-0.39, 0.29) is 11.7 Å². The van der Waals surface area contributed by atoms with Gasteiger partial charge in [-0.25, -0.2) is 9.97 Å². The van der Waals surface area contributed by atoms with Gasteiger partial charge >= 0.3 is 0 Å². The van der Waals surface area contributed by atoms with Crippen molar-refractivity contribution in [1.29, 1.82) is 0 Å². The molecular weight excluding hydrogens is 478 g/mol. The van der Waals surface area contributed by atoms with Crippen LogP contribution in [0.3, 0.4) is 0 Å². The van der Waals surface area contributed by atoms with Gasteiger partial charge in [0, 0.05) is 36.3 Å². The summed E-state index contributed by atoms with van der Waals surface area (Å²) in [5.74, 6) is 0.959. The van der Waals surface area contributed by atoms with E-state index in [0.717, 1.165) is 64.2 Å². The number of carbonyl (C=O) groups excluding carboxylic acids is 1. The Bertz CT molecular complexity index is 1530. The SMILES string of the molecule is COc1nccc2nc(-c3ccc(CN4CC[C@H](C(=O)c5cccs5)C4)cc3)c(-c3ccccc3)cc12. The largest absolute Gasteiger partial charge is 0.481 e. The molecule has 1 aliphatic rings. The van der Waals surface area contributed by atoms with Gasteiger partial charge in [0.25, 0.3) is 0 Å². The molecule has 1 saturated heterocycles. The van der Waals surface area contributed by atoms with Gasteiger partial charge in [-0.1, -0.05) is 60.7 Å². The Morgan fingerprint density at radius 1 is 1.03 bits per heavy atom. The van der Waals surface area contributed by atoms with Crippen LogP contribution in [0.25, 0.3) is 33.3 Å². The maximum atomic E-state index is 12.8. The minimum atomic E-state index is 0.0969. The first-order chi connectivity index (χ1) is 18.2. The molecule has 1 fully saturated rings. The summed E-state index contributed by atoms with van der Waals surface area (Å²) in [7, 11) is 1.64. The summed E-state index contributed by atoms with van der Waals surface area (Å²) in [4.78, 5) is 25.4. The van der Waals surface area contributed by atoms with Gasteiger partial charge in [-0.3, -0.25) is 9.69 Å². The molecule has 0 radical (unpaired) electrons. The average Bonchev–Trinajstić information content (AvgIpc) is 3.66. The molecule has 0 aliphatic carbocycles. The van der Waals surface area contributed by atoms with Gasteiger partial charge in [-0.2, -0.15) is 0 Å². The van der Waals surface area contributed by atoms with Crippen LogP contribution in [0.1, 0.15) is 21.7 Å². The lowest BCUT2D eigenvalue weighted by Gasteiger charge is -2.16. The Balaban J connectivity index is 1.27. The van der Waals surface area contributed by atoms with Crippen LogP contribution >= 0.6 is 11.3 Å².